The molecule has 0 radical (unpaired) electrons. The highest BCUT2D eigenvalue weighted by molar-refractivity contribution is 6.00. The highest BCUT2D eigenvalue weighted by atomic mass is 16.5. The van der Waals surface area contributed by atoms with Crippen molar-refractivity contribution < 1.29 is 14.3 Å². The van der Waals surface area contributed by atoms with Crippen molar-refractivity contribution in [2.75, 3.05) is 6.61 Å². The van der Waals surface area contributed by atoms with E-state index in [4.69, 9.17) is 4.74 Å². The SMILES string of the molecule is CCOC(=O)Cn1cc(/C=N/NC(=O)CCc2ccccc2)c2ccccc21. The molecule has 0 spiro atoms. The maximum atomic E-state index is 12.0. The van der Waals surface area contributed by atoms with Gasteiger partial charge in [0.2, 0.25) is 5.91 Å². The number of rotatable bonds is 8. The Morgan fingerprint density at radius 1 is 1.11 bits per heavy atom. The lowest BCUT2D eigenvalue weighted by Gasteiger charge is -2.04. The number of hydrogen-bond acceptors (Lipinski definition) is 4. The largest absolute Gasteiger partial charge is 0.465 e. The molecular formula is C22H23N3O3. The Hall–Kier alpha value is -3.41. The molecule has 6 nitrogen and oxygen atoms in total. The van der Waals surface area contributed by atoms with Crippen LogP contribution in [0.25, 0.3) is 10.9 Å². The second-order valence-corrected chi connectivity index (χ2v) is 6.31. The van der Waals surface area contributed by atoms with E-state index < -0.39 is 0 Å². The predicted molar refractivity (Wildman–Crippen MR) is 109 cm³/mol. The first-order chi connectivity index (χ1) is 13.7. The molecule has 2 aromatic carbocycles. The van der Waals surface area contributed by atoms with E-state index in [1.807, 2.05) is 65.4 Å². The summed E-state index contributed by atoms with van der Waals surface area (Å²) in [6.45, 7) is 2.26. The number of benzene rings is 2. The van der Waals surface area contributed by atoms with Crippen LogP contribution in [0.3, 0.4) is 0 Å². The van der Waals surface area contributed by atoms with Crippen molar-refractivity contribution in [1.29, 1.82) is 0 Å². The number of carbonyl (C=O) groups excluding carboxylic acids is 2. The number of esters is 1. The lowest BCUT2D eigenvalue weighted by Crippen LogP contribution is -2.17. The van der Waals surface area contributed by atoms with Crippen molar-refractivity contribution >= 4 is 29.0 Å². The van der Waals surface area contributed by atoms with Crippen molar-refractivity contribution in [2.45, 2.75) is 26.3 Å². The minimum absolute atomic E-state index is 0.131. The van der Waals surface area contributed by atoms with E-state index in [-0.39, 0.29) is 18.4 Å². The molecule has 0 saturated heterocycles. The number of nitrogens with zero attached hydrogens (tertiary/aromatic N) is 2. The van der Waals surface area contributed by atoms with Gasteiger partial charge in [-0.25, -0.2) is 5.43 Å². The Labute approximate surface area is 163 Å². The standard InChI is InChI=1S/C22H23N3O3/c1-2-28-22(27)16-25-15-18(19-10-6-7-11-20(19)25)14-23-24-21(26)13-12-17-8-4-3-5-9-17/h3-11,14-15H,2,12-13,16H2,1H3,(H,24,26)/b23-14+. The van der Waals surface area contributed by atoms with Gasteiger partial charge >= 0.3 is 5.97 Å². The molecule has 3 rings (SSSR count). The Balaban J connectivity index is 1.64. The maximum absolute atomic E-state index is 12.0. The second-order valence-electron chi connectivity index (χ2n) is 6.31. The number of nitrogens with one attached hydrogen (secondary N) is 1. The first-order valence-electron chi connectivity index (χ1n) is 9.26. The smallest absolute Gasteiger partial charge is 0.325 e. The number of carbonyl (C=O) groups is 2. The van der Waals surface area contributed by atoms with Gasteiger partial charge in [-0.15, -0.1) is 0 Å². The van der Waals surface area contributed by atoms with E-state index in [0.717, 1.165) is 22.0 Å². The quantitative estimate of drug-likeness (QED) is 0.372. The molecule has 1 heterocycles. The first kappa shape index (κ1) is 19.4. The van der Waals surface area contributed by atoms with Gasteiger partial charge < -0.3 is 9.30 Å². The van der Waals surface area contributed by atoms with Crippen LogP contribution in [-0.4, -0.2) is 29.3 Å². The molecule has 144 valence electrons. The summed E-state index contributed by atoms with van der Waals surface area (Å²) < 4.78 is 6.85. The Kier molecular flexibility index (Phi) is 6.57. The monoisotopic (exact) mass is 377 g/mol. The maximum Gasteiger partial charge on any atom is 0.325 e. The van der Waals surface area contributed by atoms with Crippen molar-refractivity contribution in [2.24, 2.45) is 5.10 Å². The van der Waals surface area contributed by atoms with Crippen LogP contribution < -0.4 is 5.43 Å². The molecule has 0 aliphatic heterocycles. The fourth-order valence-electron chi connectivity index (χ4n) is 2.99. The average Bonchev–Trinajstić information content (AvgIpc) is 3.05. The van der Waals surface area contributed by atoms with Gasteiger partial charge in [-0.1, -0.05) is 48.5 Å². The van der Waals surface area contributed by atoms with Crippen LogP contribution in [0, 0.1) is 0 Å². The third-order valence-corrected chi connectivity index (χ3v) is 4.30. The number of aromatic nitrogens is 1. The fourth-order valence-corrected chi connectivity index (χ4v) is 2.99. The summed E-state index contributed by atoms with van der Waals surface area (Å²) in [5.74, 6) is -0.434. The van der Waals surface area contributed by atoms with Crippen LogP contribution in [0.2, 0.25) is 0 Å². The molecule has 28 heavy (non-hydrogen) atoms. The Bertz CT molecular complexity index is 977. The van der Waals surface area contributed by atoms with Gasteiger partial charge in [0.15, 0.2) is 0 Å². The van der Waals surface area contributed by atoms with Gasteiger partial charge in [0.25, 0.3) is 0 Å². The van der Waals surface area contributed by atoms with Crippen molar-refractivity contribution in [1.82, 2.24) is 9.99 Å². The molecule has 6 heteroatoms. The number of para-hydroxylation sites is 1. The molecule has 0 bridgehead atoms. The van der Waals surface area contributed by atoms with Crippen molar-refractivity contribution in [3.05, 3.63) is 71.9 Å². The van der Waals surface area contributed by atoms with Gasteiger partial charge in [0, 0.05) is 29.1 Å². The van der Waals surface area contributed by atoms with Gasteiger partial charge in [-0.2, -0.15) is 5.10 Å². The number of aryl methyl sites for hydroxylation is 1. The molecule has 0 aliphatic rings. The van der Waals surface area contributed by atoms with Gasteiger partial charge in [0.1, 0.15) is 6.54 Å². The topological polar surface area (TPSA) is 72.7 Å². The minimum atomic E-state index is -0.291. The zero-order valence-corrected chi connectivity index (χ0v) is 15.8. The zero-order valence-electron chi connectivity index (χ0n) is 15.8. The summed E-state index contributed by atoms with van der Waals surface area (Å²) in [5.41, 5.74) is 5.41. The van der Waals surface area contributed by atoms with E-state index >= 15 is 0 Å². The normalized spacial score (nSPS) is 11.0. The molecule has 3 aromatic rings. The number of amides is 1. The Morgan fingerprint density at radius 3 is 2.64 bits per heavy atom. The van der Waals surface area contributed by atoms with Crippen LogP contribution in [0.4, 0.5) is 0 Å². The van der Waals surface area contributed by atoms with Crippen LogP contribution in [-0.2, 0) is 27.3 Å². The summed E-state index contributed by atoms with van der Waals surface area (Å²) in [4.78, 5) is 23.8. The van der Waals surface area contributed by atoms with Crippen LogP contribution in [0.1, 0.15) is 24.5 Å². The zero-order chi connectivity index (χ0) is 19.8. The van der Waals surface area contributed by atoms with Crippen LogP contribution >= 0.6 is 0 Å². The summed E-state index contributed by atoms with van der Waals surface area (Å²) in [6, 6.07) is 17.6. The number of hydrazone groups is 1. The van der Waals surface area contributed by atoms with Crippen LogP contribution in [0.15, 0.2) is 65.9 Å². The average molecular weight is 377 g/mol. The lowest BCUT2D eigenvalue weighted by atomic mass is 10.1. The first-order valence-corrected chi connectivity index (χ1v) is 9.26. The molecular weight excluding hydrogens is 354 g/mol. The highest BCUT2D eigenvalue weighted by Gasteiger charge is 2.10. The molecule has 0 unspecified atom stereocenters. The Morgan fingerprint density at radius 2 is 1.86 bits per heavy atom. The fraction of sp³-hybridized carbons (Fsp3) is 0.227. The van der Waals surface area contributed by atoms with Gasteiger partial charge in [0.05, 0.1) is 12.8 Å². The molecule has 1 aromatic heterocycles. The summed E-state index contributed by atoms with van der Waals surface area (Å²) in [7, 11) is 0. The second kappa shape index (κ2) is 9.50. The van der Waals surface area contributed by atoms with Crippen molar-refractivity contribution in [3.8, 4) is 0 Å². The molecule has 1 N–H and O–H groups in total. The van der Waals surface area contributed by atoms with Gasteiger partial charge in [-0.05, 0) is 25.0 Å². The molecule has 1 amide bonds. The van der Waals surface area contributed by atoms with Gasteiger partial charge in [-0.3, -0.25) is 9.59 Å². The lowest BCUT2D eigenvalue weighted by molar-refractivity contribution is -0.143. The summed E-state index contributed by atoms with van der Waals surface area (Å²) in [6.07, 6.45) is 4.47. The van der Waals surface area contributed by atoms with E-state index in [2.05, 4.69) is 10.5 Å². The summed E-state index contributed by atoms with van der Waals surface area (Å²) >= 11 is 0. The van der Waals surface area contributed by atoms with Crippen LogP contribution in [0.5, 0.6) is 0 Å². The third kappa shape index (κ3) is 5.07. The number of hydrogen-bond donors (Lipinski definition) is 1. The van der Waals surface area contributed by atoms with E-state index in [1.165, 1.54) is 0 Å². The van der Waals surface area contributed by atoms with Crippen molar-refractivity contribution in [3.63, 3.8) is 0 Å². The number of fused-ring (bicyclic) bond motifs is 1. The minimum Gasteiger partial charge on any atom is -0.465 e. The molecule has 0 atom stereocenters. The molecule has 0 fully saturated rings. The molecule has 0 saturated carbocycles. The third-order valence-electron chi connectivity index (χ3n) is 4.30. The van der Waals surface area contributed by atoms with E-state index in [1.54, 1.807) is 13.1 Å². The number of ether oxygens (including phenoxy) is 1. The predicted octanol–water partition coefficient (Wildman–Crippen LogP) is 3.29. The highest BCUT2D eigenvalue weighted by Crippen LogP contribution is 2.20. The van der Waals surface area contributed by atoms with E-state index in [0.29, 0.717) is 19.4 Å². The molecule has 0 aliphatic carbocycles. The van der Waals surface area contributed by atoms with E-state index in [9.17, 15) is 9.59 Å². The summed E-state index contributed by atoms with van der Waals surface area (Å²) in [5, 5.41) is 5.03.